The zero-order valence-corrected chi connectivity index (χ0v) is 9.63. The Morgan fingerprint density at radius 2 is 1.47 bits per heavy atom. The van der Waals surface area contributed by atoms with Crippen LogP contribution in [0.3, 0.4) is 0 Å². The van der Waals surface area contributed by atoms with Gasteiger partial charge in [0.2, 0.25) is 0 Å². The molecule has 2 rings (SSSR count). The van der Waals surface area contributed by atoms with Crippen molar-refractivity contribution in [2.45, 2.75) is 0 Å². The summed E-state index contributed by atoms with van der Waals surface area (Å²) in [4.78, 5) is 21.7. The van der Waals surface area contributed by atoms with Crippen LogP contribution in [0.15, 0.2) is 42.5 Å². The molecule has 2 aromatic carbocycles. The molecule has 0 fully saturated rings. The standard InChI is InChI=1S/C14H9FO4/c15-12-6-10(5-11(7-12)14(18)19)8-2-1-3-9(4-8)13(16)17/h1-7H,(H,16,17)(H,18,19). The van der Waals surface area contributed by atoms with Crippen LogP contribution in [0.25, 0.3) is 11.1 Å². The number of benzene rings is 2. The van der Waals surface area contributed by atoms with Gasteiger partial charge in [0.25, 0.3) is 0 Å². The van der Waals surface area contributed by atoms with E-state index in [4.69, 9.17) is 10.2 Å². The van der Waals surface area contributed by atoms with Crippen molar-refractivity contribution in [3.8, 4) is 11.1 Å². The van der Waals surface area contributed by atoms with Crippen LogP contribution in [0, 0.1) is 5.82 Å². The van der Waals surface area contributed by atoms with Gasteiger partial charge < -0.3 is 10.2 Å². The minimum Gasteiger partial charge on any atom is -0.478 e. The Balaban J connectivity index is 2.55. The van der Waals surface area contributed by atoms with Crippen LogP contribution in [0.1, 0.15) is 20.7 Å². The first kappa shape index (κ1) is 12.8. The predicted molar refractivity (Wildman–Crippen MR) is 65.8 cm³/mol. The normalized spacial score (nSPS) is 10.2. The summed E-state index contributed by atoms with van der Waals surface area (Å²) in [6, 6.07) is 9.25. The smallest absolute Gasteiger partial charge is 0.335 e. The molecule has 0 heterocycles. The van der Waals surface area contributed by atoms with E-state index in [-0.39, 0.29) is 11.1 Å². The summed E-state index contributed by atoms with van der Waals surface area (Å²) in [5.41, 5.74) is 0.636. The summed E-state index contributed by atoms with van der Waals surface area (Å²) in [5.74, 6) is -3.03. The quantitative estimate of drug-likeness (QED) is 0.889. The second-order valence-electron chi connectivity index (χ2n) is 3.92. The third-order valence-electron chi connectivity index (χ3n) is 2.59. The zero-order valence-electron chi connectivity index (χ0n) is 9.63. The van der Waals surface area contributed by atoms with Crippen molar-refractivity contribution in [2.75, 3.05) is 0 Å². The lowest BCUT2D eigenvalue weighted by Gasteiger charge is -2.05. The SMILES string of the molecule is O=C(O)c1cccc(-c2cc(F)cc(C(=O)O)c2)c1. The van der Waals surface area contributed by atoms with Gasteiger partial charge >= 0.3 is 11.9 Å². The van der Waals surface area contributed by atoms with E-state index in [2.05, 4.69) is 0 Å². The molecule has 19 heavy (non-hydrogen) atoms. The summed E-state index contributed by atoms with van der Waals surface area (Å²) in [6.07, 6.45) is 0. The van der Waals surface area contributed by atoms with Crippen molar-refractivity contribution in [1.29, 1.82) is 0 Å². The molecule has 2 aromatic rings. The van der Waals surface area contributed by atoms with Gasteiger partial charge in [-0.05, 0) is 41.5 Å². The van der Waals surface area contributed by atoms with E-state index < -0.39 is 17.8 Å². The van der Waals surface area contributed by atoms with Gasteiger partial charge in [-0.3, -0.25) is 0 Å². The summed E-state index contributed by atoms with van der Waals surface area (Å²) in [5, 5.41) is 17.7. The van der Waals surface area contributed by atoms with Crippen molar-refractivity contribution in [1.82, 2.24) is 0 Å². The minimum absolute atomic E-state index is 0.0543. The van der Waals surface area contributed by atoms with Crippen LogP contribution < -0.4 is 0 Å². The molecule has 2 N–H and O–H groups in total. The lowest BCUT2D eigenvalue weighted by molar-refractivity contribution is 0.0685. The summed E-state index contributed by atoms with van der Waals surface area (Å²) in [7, 11) is 0. The molecule has 0 saturated heterocycles. The Labute approximate surface area is 107 Å². The van der Waals surface area contributed by atoms with Gasteiger partial charge in [0, 0.05) is 0 Å². The van der Waals surface area contributed by atoms with E-state index in [1.165, 1.54) is 24.3 Å². The Kier molecular flexibility index (Phi) is 3.29. The maximum absolute atomic E-state index is 13.4. The minimum atomic E-state index is -1.24. The van der Waals surface area contributed by atoms with Crippen LogP contribution in [0.5, 0.6) is 0 Å². The molecule has 0 bridgehead atoms. The van der Waals surface area contributed by atoms with E-state index >= 15 is 0 Å². The Hall–Kier alpha value is -2.69. The molecule has 0 aromatic heterocycles. The number of halogens is 1. The van der Waals surface area contributed by atoms with Crippen LogP contribution in [0.4, 0.5) is 4.39 Å². The summed E-state index contributed by atoms with van der Waals surface area (Å²) in [6.45, 7) is 0. The van der Waals surface area contributed by atoms with E-state index in [0.717, 1.165) is 12.1 Å². The molecule has 0 aliphatic carbocycles. The molecule has 0 spiro atoms. The second kappa shape index (κ2) is 4.89. The van der Waals surface area contributed by atoms with Gasteiger partial charge in [-0.2, -0.15) is 0 Å². The number of carbonyl (C=O) groups is 2. The molecule has 4 nitrogen and oxygen atoms in total. The monoisotopic (exact) mass is 260 g/mol. The highest BCUT2D eigenvalue weighted by molar-refractivity contribution is 5.91. The first-order valence-electron chi connectivity index (χ1n) is 5.35. The average Bonchev–Trinajstić information content (AvgIpc) is 2.38. The lowest BCUT2D eigenvalue weighted by atomic mass is 10.0. The Morgan fingerprint density at radius 3 is 2.11 bits per heavy atom. The molecule has 0 amide bonds. The molecule has 0 unspecified atom stereocenters. The van der Waals surface area contributed by atoms with Gasteiger partial charge in [0.05, 0.1) is 11.1 Å². The highest BCUT2D eigenvalue weighted by Crippen LogP contribution is 2.23. The zero-order chi connectivity index (χ0) is 14.0. The summed E-state index contributed by atoms with van der Waals surface area (Å²) >= 11 is 0. The number of rotatable bonds is 3. The van der Waals surface area contributed by atoms with Gasteiger partial charge in [-0.1, -0.05) is 12.1 Å². The third kappa shape index (κ3) is 2.77. The maximum Gasteiger partial charge on any atom is 0.335 e. The predicted octanol–water partition coefficient (Wildman–Crippen LogP) is 2.89. The third-order valence-corrected chi connectivity index (χ3v) is 2.59. The molecule has 96 valence electrons. The molecule has 0 aliphatic rings. The van der Waals surface area contributed by atoms with E-state index in [1.807, 2.05) is 0 Å². The van der Waals surface area contributed by atoms with Gasteiger partial charge in [-0.25, -0.2) is 14.0 Å². The average molecular weight is 260 g/mol. The fraction of sp³-hybridized carbons (Fsp3) is 0. The molecular weight excluding hydrogens is 251 g/mol. The molecule has 0 atom stereocenters. The lowest BCUT2D eigenvalue weighted by Crippen LogP contribution is -1.99. The molecule has 0 saturated carbocycles. The van der Waals surface area contributed by atoms with E-state index in [9.17, 15) is 14.0 Å². The number of aromatic carboxylic acids is 2. The van der Waals surface area contributed by atoms with Crippen LogP contribution >= 0.6 is 0 Å². The van der Waals surface area contributed by atoms with Crippen LogP contribution in [-0.2, 0) is 0 Å². The molecule has 0 aliphatic heterocycles. The number of carboxylic acids is 2. The van der Waals surface area contributed by atoms with Gasteiger partial charge in [0.1, 0.15) is 5.82 Å². The largest absolute Gasteiger partial charge is 0.478 e. The van der Waals surface area contributed by atoms with Crippen molar-refractivity contribution < 1.29 is 24.2 Å². The molecule has 0 radical (unpaired) electrons. The number of carboxylic acid groups (broad SMARTS) is 2. The van der Waals surface area contributed by atoms with Crippen molar-refractivity contribution in [3.05, 3.63) is 59.4 Å². The molecular formula is C14H9FO4. The van der Waals surface area contributed by atoms with Crippen LogP contribution in [0.2, 0.25) is 0 Å². The Morgan fingerprint density at radius 1 is 0.842 bits per heavy atom. The highest BCUT2D eigenvalue weighted by Gasteiger charge is 2.10. The molecule has 5 heteroatoms. The fourth-order valence-electron chi connectivity index (χ4n) is 1.71. The van der Waals surface area contributed by atoms with E-state index in [1.54, 1.807) is 6.07 Å². The number of hydrogen-bond donors (Lipinski definition) is 2. The van der Waals surface area contributed by atoms with Crippen LogP contribution in [-0.4, -0.2) is 22.2 Å². The second-order valence-corrected chi connectivity index (χ2v) is 3.92. The topological polar surface area (TPSA) is 74.6 Å². The number of hydrogen-bond acceptors (Lipinski definition) is 2. The van der Waals surface area contributed by atoms with Crippen molar-refractivity contribution in [3.63, 3.8) is 0 Å². The summed E-state index contributed by atoms with van der Waals surface area (Å²) < 4.78 is 13.4. The Bertz CT molecular complexity index is 664. The maximum atomic E-state index is 13.4. The van der Waals surface area contributed by atoms with Crippen molar-refractivity contribution in [2.24, 2.45) is 0 Å². The first-order chi connectivity index (χ1) is 8.97. The van der Waals surface area contributed by atoms with Gasteiger partial charge in [0.15, 0.2) is 0 Å². The highest BCUT2D eigenvalue weighted by atomic mass is 19.1. The van der Waals surface area contributed by atoms with Gasteiger partial charge in [-0.15, -0.1) is 0 Å². The van der Waals surface area contributed by atoms with Crippen molar-refractivity contribution >= 4 is 11.9 Å². The fourth-order valence-corrected chi connectivity index (χ4v) is 1.71. The first-order valence-corrected chi connectivity index (χ1v) is 5.35. The van der Waals surface area contributed by atoms with E-state index in [0.29, 0.717) is 11.1 Å².